The molecule has 1 radical (unpaired) electrons. The van der Waals surface area contributed by atoms with Crippen LogP contribution in [0.4, 0.5) is 0 Å². The first kappa shape index (κ1) is 10.7. The summed E-state index contributed by atoms with van der Waals surface area (Å²) >= 11 is 0. The molecule has 0 saturated heterocycles. The van der Waals surface area contributed by atoms with Crippen molar-refractivity contribution in [2.75, 3.05) is 0 Å². The third-order valence-electron chi connectivity index (χ3n) is 2.91. The van der Waals surface area contributed by atoms with Gasteiger partial charge in [-0.05, 0) is 29.7 Å². The lowest BCUT2D eigenvalue weighted by Gasteiger charge is -2.11. The molecule has 0 saturated carbocycles. The van der Waals surface area contributed by atoms with Gasteiger partial charge in [0.25, 0.3) is 0 Å². The second-order valence-electron chi connectivity index (χ2n) is 4.06. The van der Waals surface area contributed by atoms with Gasteiger partial charge in [0, 0.05) is 22.8 Å². The smallest absolute Gasteiger partial charge is 0.124 e. The molecular formula is C16H12NO. The van der Waals surface area contributed by atoms with Gasteiger partial charge in [-0.25, -0.2) is 0 Å². The molecule has 2 nitrogen and oxygen atoms in total. The summed E-state index contributed by atoms with van der Waals surface area (Å²) in [5.41, 5.74) is 1.93. The molecule has 0 aromatic heterocycles. The van der Waals surface area contributed by atoms with Crippen LogP contribution in [-0.4, -0.2) is 5.11 Å². The van der Waals surface area contributed by atoms with E-state index >= 15 is 0 Å². The van der Waals surface area contributed by atoms with Crippen LogP contribution in [0.25, 0.3) is 16.5 Å². The normalized spacial score (nSPS) is 14.1. The molecule has 2 aromatic carbocycles. The molecule has 3 rings (SSSR count). The second kappa shape index (κ2) is 4.41. The topological polar surface area (TPSA) is 32.3 Å². The number of hydrogen-bond acceptors (Lipinski definition) is 2. The maximum atomic E-state index is 10.0. The van der Waals surface area contributed by atoms with Crippen molar-refractivity contribution < 1.29 is 5.11 Å². The number of fused-ring (bicyclic) bond motifs is 1. The number of nitrogens with one attached hydrogen (secondary N) is 1. The molecule has 2 N–H and O–H groups in total. The first-order valence-corrected chi connectivity index (χ1v) is 5.79. The number of hydrogen-bond donors (Lipinski definition) is 2. The van der Waals surface area contributed by atoms with E-state index in [4.69, 9.17) is 0 Å². The van der Waals surface area contributed by atoms with Gasteiger partial charge in [0.05, 0.1) is 0 Å². The molecule has 0 bridgehead atoms. The van der Waals surface area contributed by atoms with Crippen molar-refractivity contribution in [1.29, 1.82) is 0 Å². The van der Waals surface area contributed by atoms with E-state index in [0.717, 1.165) is 22.0 Å². The number of phenols is 1. The highest BCUT2D eigenvalue weighted by molar-refractivity contribution is 5.97. The Morgan fingerprint density at radius 2 is 2.00 bits per heavy atom. The van der Waals surface area contributed by atoms with E-state index in [2.05, 4.69) is 11.4 Å². The standard InChI is InChI=1S/C16H12NO/c18-15-10-5-7-12-6-4-8-13(16(12)15)14-9-2-1-3-11-17-14/h1-6,8-11,17-18H. The van der Waals surface area contributed by atoms with Crippen molar-refractivity contribution in [3.63, 3.8) is 0 Å². The van der Waals surface area contributed by atoms with Crippen LogP contribution >= 0.6 is 0 Å². The molecule has 0 unspecified atom stereocenters. The predicted molar refractivity (Wildman–Crippen MR) is 73.8 cm³/mol. The zero-order valence-electron chi connectivity index (χ0n) is 9.72. The zero-order valence-corrected chi connectivity index (χ0v) is 9.72. The van der Waals surface area contributed by atoms with E-state index in [9.17, 15) is 5.11 Å². The minimum atomic E-state index is 0.277. The highest BCUT2D eigenvalue weighted by Crippen LogP contribution is 2.31. The van der Waals surface area contributed by atoms with Crippen LogP contribution in [0.2, 0.25) is 0 Å². The second-order valence-corrected chi connectivity index (χ2v) is 4.06. The number of allylic oxidation sites excluding steroid dienone is 4. The number of rotatable bonds is 1. The quantitative estimate of drug-likeness (QED) is 0.793. The van der Waals surface area contributed by atoms with Gasteiger partial charge in [-0.2, -0.15) is 0 Å². The molecular weight excluding hydrogens is 222 g/mol. The molecule has 2 aromatic rings. The minimum Gasteiger partial charge on any atom is -0.507 e. The van der Waals surface area contributed by atoms with Crippen LogP contribution in [0.1, 0.15) is 5.56 Å². The zero-order chi connectivity index (χ0) is 12.4. The van der Waals surface area contributed by atoms with Gasteiger partial charge in [-0.3, -0.25) is 0 Å². The van der Waals surface area contributed by atoms with Gasteiger partial charge in [0.1, 0.15) is 5.75 Å². The summed E-state index contributed by atoms with van der Waals surface area (Å²) in [4.78, 5) is 0. The van der Waals surface area contributed by atoms with Crippen molar-refractivity contribution in [1.82, 2.24) is 5.32 Å². The summed E-state index contributed by atoms with van der Waals surface area (Å²) < 4.78 is 0. The van der Waals surface area contributed by atoms with Crippen molar-refractivity contribution >= 4 is 16.5 Å². The molecule has 0 atom stereocenters. The average Bonchev–Trinajstić information content (AvgIpc) is 2.67. The lowest BCUT2D eigenvalue weighted by molar-refractivity contribution is 0.481. The third kappa shape index (κ3) is 1.78. The third-order valence-corrected chi connectivity index (χ3v) is 2.91. The predicted octanol–water partition coefficient (Wildman–Crippen LogP) is 3.36. The molecule has 0 aliphatic carbocycles. The van der Waals surface area contributed by atoms with Gasteiger partial charge >= 0.3 is 0 Å². The SMILES string of the molecule is Oc1cc[c]c2cccc(C3=CC=CC=CN3)c12. The van der Waals surface area contributed by atoms with E-state index in [1.165, 1.54) is 0 Å². The number of aromatic hydroxyl groups is 1. The highest BCUT2D eigenvalue weighted by atomic mass is 16.3. The molecule has 0 spiro atoms. The van der Waals surface area contributed by atoms with Crippen molar-refractivity contribution in [3.05, 3.63) is 72.5 Å². The average molecular weight is 234 g/mol. The Hall–Kier alpha value is -2.48. The molecule has 1 aliphatic heterocycles. The van der Waals surface area contributed by atoms with Crippen molar-refractivity contribution in [3.8, 4) is 5.75 Å². The number of benzene rings is 2. The highest BCUT2D eigenvalue weighted by Gasteiger charge is 2.09. The fourth-order valence-corrected chi connectivity index (χ4v) is 2.09. The lowest BCUT2D eigenvalue weighted by atomic mass is 10.0. The van der Waals surface area contributed by atoms with Crippen LogP contribution in [0.3, 0.4) is 0 Å². The van der Waals surface area contributed by atoms with Crippen molar-refractivity contribution in [2.45, 2.75) is 0 Å². The first-order chi connectivity index (χ1) is 8.86. The fraction of sp³-hybridized carbons (Fsp3) is 0. The van der Waals surface area contributed by atoms with Crippen LogP contribution in [-0.2, 0) is 0 Å². The molecule has 2 heteroatoms. The maximum absolute atomic E-state index is 10.0. The Morgan fingerprint density at radius 3 is 2.94 bits per heavy atom. The van der Waals surface area contributed by atoms with Crippen LogP contribution < -0.4 is 5.32 Å². The molecule has 0 fully saturated rings. The molecule has 1 aliphatic rings. The maximum Gasteiger partial charge on any atom is 0.124 e. The van der Waals surface area contributed by atoms with Gasteiger partial charge < -0.3 is 10.4 Å². The fourth-order valence-electron chi connectivity index (χ4n) is 2.09. The molecule has 1 heterocycles. The van der Waals surface area contributed by atoms with Crippen LogP contribution in [0, 0.1) is 6.07 Å². The molecule has 87 valence electrons. The summed E-state index contributed by atoms with van der Waals surface area (Å²) in [6.45, 7) is 0. The summed E-state index contributed by atoms with van der Waals surface area (Å²) in [5.74, 6) is 0.277. The van der Waals surface area contributed by atoms with E-state index in [1.54, 1.807) is 12.1 Å². The molecule has 0 amide bonds. The Bertz CT molecular complexity index is 675. The summed E-state index contributed by atoms with van der Waals surface area (Å²) in [6, 6.07) is 12.4. The van der Waals surface area contributed by atoms with Crippen LogP contribution in [0.5, 0.6) is 5.75 Å². The Labute approximate surface area is 106 Å². The first-order valence-electron chi connectivity index (χ1n) is 5.79. The summed E-state index contributed by atoms with van der Waals surface area (Å²) in [5, 5.41) is 15.0. The van der Waals surface area contributed by atoms with Gasteiger partial charge in [-0.1, -0.05) is 36.4 Å². The lowest BCUT2D eigenvalue weighted by Crippen LogP contribution is -2.03. The summed E-state index contributed by atoms with van der Waals surface area (Å²) in [7, 11) is 0. The monoisotopic (exact) mass is 234 g/mol. The Kier molecular flexibility index (Phi) is 2.61. The van der Waals surface area contributed by atoms with E-state index < -0.39 is 0 Å². The summed E-state index contributed by atoms with van der Waals surface area (Å²) in [6.07, 6.45) is 9.71. The van der Waals surface area contributed by atoms with Gasteiger partial charge in [0.15, 0.2) is 0 Å². The van der Waals surface area contributed by atoms with E-state index in [-0.39, 0.29) is 5.75 Å². The van der Waals surface area contributed by atoms with Crippen LogP contribution in [0.15, 0.2) is 60.8 Å². The molecule has 18 heavy (non-hydrogen) atoms. The van der Waals surface area contributed by atoms with Gasteiger partial charge in [0.2, 0.25) is 0 Å². The minimum absolute atomic E-state index is 0.277. The largest absolute Gasteiger partial charge is 0.507 e. The van der Waals surface area contributed by atoms with Crippen molar-refractivity contribution in [2.24, 2.45) is 0 Å². The Balaban J connectivity index is 2.26. The van der Waals surface area contributed by atoms with E-state index in [1.807, 2.05) is 48.7 Å². The number of phenolic OH excluding ortho intramolecular Hbond substituents is 1. The Morgan fingerprint density at radius 1 is 1.06 bits per heavy atom. The van der Waals surface area contributed by atoms with E-state index in [0.29, 0.717) is 0 Å². The van der Waals surface area contributed by atoms with Gasteiger partial charge in [-0.15, -0.1) is 0 Å².